The van der Waals surface area contributed by atoms with Gasteiger partial charge in [0.05, 0.1) is 28.4 Å². The zero-order chi connectivity index (χ0) is 28.8. The molecule has 0 fully saturated rings. The lowest BCUT2D eigenvalue weighted by atomic mass is 9.99. The minimum absolute atomic E-state index is 0.854. The van der Waals surface area contributed by atoms with Crippen molar-refractivity contribution in [1.82, 2.24) is 0 Å². The Labute approximate surface area is 254 Å². The number of nitrogens with zero attached hydrogens (tertiary/aromatic N) is 2. The highest BCUT2D eigenvalue weighted by Crippen LogP contribution is 2.57. The van der Waals surface area contributed by atoms with Gasteiger partial charge < -0.3 is 19.3 Å². The molecule has 1 aliphatic carbocycles. The third-order valence-electron chi connectivity index (χ3n) is 8.96. The van der Waals surface area contributed by atoms with Crippen LogP contribution >= 0.6 is 0 Å². The summed E-state index contributed by atoms with van der Waals surface area (Å²) >= 11 is 0. The van der Waals surface area contributed by atoms with E-state index in [1.165, 1.54) is 33.0 Å². The van der Waals surface area contributed by atoms with Crippen LogP contribution in [0.25, 0.3) is 33.0 Å². The van der Waals surface area contributed by atoms with Crippen molar-refractivity contribution >= 4 is 44.9 Å². The molecule has 2 heterocycles. The van der Waals surface area contributed by atoms with Gasteiger partial charge >= 0.3 is 0 Å². The van der Waals surface area contributed by atoms with Gasteiger partial charge in [-0.1, -0.05) is 78.9 Å². The lowest BCUT2D eigenvalue weighted by Crippen LogP contribution is -2.16. The third kappa shape index (κ3) is 3.17. The van der Waals surface area contributed by atoms with E-state index in [0.717, 1.165) is 57.1 Å². The Morgan fingerprint density at radius 2 is 0.841 bits per heavy atom. The molecule has 0 unspecified atom stereocenters. The van der Waals surface area contributed by atoms with Crippen molar-refractivity contribution in [1.29, 1.82) is 0 Å². The van der Waals surface area contributed by atoms with Crippen LogP contribution in [0.3, 0.4) is 0 Å². The van der Waals surface area contributed by atoms with Crippen molar-refractivity contribution in [2.24, 2.45) is 0 Å². The van der Waals surface area contributed by atoms with Crippen LogP contribution in [0.2, 0.25) is 0 Å². The van der Waals surface area contributed by atoms with Crippen molar-refractivity contribution in [3.8, 4) is 45.3 Å². The zero-order valence-electron chi connectivity index (χ0n) is 23.6. The molecule has 7 aromatic carbocycles. The van der Waals surface area contributed by atoms with E-state index < -0.39 is 0 Å². The lowest BCUT2D eigenvalue weighted by molar-refractivity contribution is 0.477. The number of para-hydroxylation sites is 8. The third-order valence-corrected chi connectivity index (χ3v) is 8.96. The van der Waals surface area contributed by atoms with Crippen LogP contribution in [-0.4, -0.2) is 0 Å². The molecule has 0 amide bonds. The Kier molecular flexibility index (Phi) is 4.69. The Bertz CT molecular complexity index is 2230. The van der Waals surface area contributed by atoms with Gasteiger partial charge in [-0.15, -0.1) is 0 Å². The summed E-state index contributed by atoms with van der Waals surface area (Å²) in [5.74, 6) is 3.42. The quantitative estimate of drug-likeness (QED) is 0.208. The monoisotopic (exact) mass is 564 g/mol. The van der Waals surface area contributed by atoms with Crippen molar-refractivity contribution in [2.45, 2.75) is 0 Å². The van der Waals surface area contributed by atoms with E-state index >= 15 is 0 Å². The van der Waals surface area contributed by atoms with Crippen LogP contribution in [0.5, 0.6) is 23.0 Å². The molecule has 4 nitrogen and oxygen atoms in total. The molecule has 0 spiro atoms. The SMILES string of the molecule is c1ccc2c(c1)Oc1ccccc1N2c1ccc2c(c1)-c1ccc(N3c4ccccc4Oc4ccccc43)c3cccc-2c13. The summed E-state index contributed by atoms with van der Waals surface area (Å²) in [4.78, 5) is 4.65. The summed E-state index contributed by atoms with van der Waals surface area (Å²) in [7, 11) is 0. The maximum atomic E-state index is 6.32. The van der Waals surface area contributed by atoms with Crippen LogP contribution < -0.4 is 19.3 Å². The van der Waals surface area contributed by atoms with Crippen molar-refractivity contribution in [3.05, 3.63) is 146 Å². The van der Waals surface area contributed by atoms with Crippen LogP contribution in [0.15, 0.2) is 146 Å². The van der Waals surface area contributed by atoms with E-state index in [0.29, 0.717) is 0 Å². The number of ether oxygens (including phenoxy) is 2. The first-order chi connectivity index (χ1) is 21.8. The lowest BCUT2D eigenvalue weighted by Gasteiger charge is -2.33. The van der Waals surface area contributed by atoms with E-state index in [-0.39, 0.29) is 0 Å². The fourth-order valence-electron chi connectivity index (χ4n) is 7.11. The molecule has 0 saturated heterocycles. The number of benzene rings is 7. The van der Waals surface area contributed by atoms with Gasteiger partial charge in [0.25, 0.3) is 0 Å². The van der Waals surface area contributed by atoms with Gasteiger partial charge in [0.15, 0.2) is 23.0 Å². The van der Waals surface area contributed by atoms with Crippen LogP contribution in [0, 0.1) is 0 Å². The molecule has 2 aliphatic heterocycles. The first-order valence-corrected chi connectivity index (χ1v) is 14.9. The number of hydrogen-bond acceptors (Lipinski definition) is 4. The Hall–Kier alpha value is -6.00. The van der Waals surface area contributed by atoms with E-state index in [1.54, 1.807) is 0 Å². The normalized spacial score (nSPS) is 13.3. The van der Waals surface area contributed by atoms with E-state index in [1.807, 2.05) is 48.5 Å². The predicted octanol–water partition coefficient (Wildman–Crippen LogP) is 11.6. The average molecular weight is 565 g/mol. The van der Waals surface area contributed by atoms with Crippen LogP contribution in [-0.2, 0) is 0 Å². The average Bonchev–Trinajstić information content (AvgIpc) is 3.40. The second-order valence-corrected chi connectivity index (χ2v) is 11.3. The van der Waals surface area contributed by atoms with Gasteiger partial charge in [0, 0.05) is 11.1 Å². The molecule has 206 valence electrons. The number of anilines is 6. The zero-order valence-corrected chi connectivity index (χ0v) is 23.6. The van der Waals surface area contributed by atoms with Crippen molar-refractivity contribution in [2.75, 3.05) is 9.80 Å². The predicted molar refractivity (Wildman–Crippen MR) is 178 cm³/mol. The fraction of sp³-hybridized carbons (Fsp3) is 0. The maximum absolute atomic E-state index is 6.32. The minimum Gasteiger partial charge on any atom is -0.453 e. The van der Waals surface area contributed by atoms with Gasteiger partial charge in [-0.3, -0.25) is 0 Å². The van der Waals surface area contributed by atoms with Crippen LogP contribution in [0.4, 0.5) is 34.1 Å². The number of fused-ring (bicyclic) bond motifs is 7. The van der Waals surface area contributed by atoms with E-state index in [9.17, 15) is 0 Å². The Morgan fingerprint density at radius 1 is 0.341 bits per heavy atom. The summed E-state index contributed by atoms with van der Waals surface area (Å²) in [5, 5.41) is 2.49. The second-order valence-electron chi connectivity index (χ2n) is 11.3. The molecule has 0 atom stereocenters. The largest absolute Gasteiger partial charge is 0.453 e. The van der Waals surface area contributed by atoms with Crippen molar-refractivity contribution in [3.63, 3.8) is 0 Å². The Morgan fingerprint density at radius 3 is 1.43 bits per heavy atom. The summed E-state index contributed by atoms with van der Waals surface area (Å²) in [6.07, 6.45) is 0. The molecule has 0 N–H and O–H groups in total. The summed E-state index contributed by atoms with van der Waals surface area (Å²) < 4.78 is 12.6. The molecular formula is C40H24N2O2. The first-order valence-electron chi connectivity index (χ1n) is 14.9. The van der Waals surface area contributed by atoms with Gasteiger partial charge in [0.2, 0.25) is 0 Å². The van der Waals surface area contributed by atoms with Gasteiger partial charge in [-0.05, 0) is 94.4 Å². The molecule has 0 bridgehead atoms. The number of rotatable bonds is 2. The molecule has 3 aliphatic rings. The molecule has 10 rings (SSSR count). The van der Waals surface area contributed by atoms with Gasteiger partial charge in [0.1, 0.15) is 0 Å². The van der Waals surface area contributed by atoms with E-state index in [2.05, 4.69) is 107 Å². The van der Waals surface area contributed by atoms with E-state index in [4.69, 9.17) is 9.47 Å². The molecule has 0 aromatic heterocycles. The molecule has 0 saturated carbocycles. The summed E-state index contributed by atoms with van der Waals surface area (Å²) in [6.45, 7) is 0. The topological polar surface area (TPSA) is 24.9 Å². The highest BCUT2D eigenvalue weighted by Gasteiger charge is 2.31. The first kappa shape index (κ1) is 23.6. The highest BCUT2D eigenvalue weighted by atomic mass is 16.5. The maximum Gasteiger partial charge on any atom is 0.151 e. The molecule has 7 aromatic rings. The van der Waals surface area contributed by atoms with Crippen molar-refractivity contribution < 1.29 is 9.47 Å². The van der Waals surface area contributed by atoms with Gasteiger partial charge in [-0.25, -0.2) is 0 Å². The van der Waals surface area contributed by atoms with Crippen LogP contribution in [0.1, 0.15) is 0 Å². The standard InChI is InChI=1S/C40H24N2O2/c1-5-16-36-32(12-1)41(33-13-2-6-17-37(33)43-36)25-20-21-26-27-10-9-11-29-31(23-22-28(40(27)29)30(26)24-25)42-34-14-3-7-18-38(34)44-39-19-8-4-15-35(39)42/h1-24H. The fourth-order valence-corrected chi connectivity index (χ4v) is 7.11. The summed E-state index contributed by atoms with van der Waals surface area (Å²) in [6, 6.07) is 51.1. The Balaban J connectivity index is 1.17. The smallest absolute Gasteiger partial charge is 0.151 e. The molecule has 4 heteroatoms. The second kappa shape index (κ2) is 8.76. The number of hydrogen-bond donors (Lipinski definition) is 0. The molecule has 44 heavy (non-hydrogen) atoms. The molecular weight excluding hydrogens is 540 g/mol. The highest BCUT2D eigenvalue weighted by molar-refractivity contribution is 6.19. The minimum atomic E-state index is 0.854. The summed E-state index contributed by atoms with van der Waals surface area (Å²) in [5.41, 5.74) is 11.4. The van der Waals surface area contributed by atoms with Gasteiger partial charge in [-0.2, -0.15) is 0 Å². The molecule has 0 radical (unpaired) electrons.